The first-order valence-corrected chi connectivity index (χ1v) is 25.8. The number of aromatic nitrogens is 8. The number of aliphatic hydroxyl groups is 1. The lowest BCUT2D eigenvalue weighted by Gasteiger charge is -2.40. The third-order valence-corrected chi connectivity index (χ3v) is 17.5. The number of aliphatic hydroxyl groups excluding tert-OH is 1. The summed E-state index contributed by atoms with van der Waals surface area (Å²) in [4.78, 5) is 74.8. The molecule has 5 aromatic rings. The first-order valence-electron chi connectivity index (χ1n) is 21.5. The van der Waals surface area contributed by atoms with Gasteiger partial charge in [-0.2, -0.15) is 10.2 Å². The van der Waals surface area contributed by atoms with Crippen molar-refractivity contribution >= 4 is 68.2 Å². The van der Waals surface area contributed by atoms with Crippen molar-refractivity contribution in [3.8, 4) is 6.07 Å². The van der Waals surface area contributed by atoms with Gasteiger partial charge in [-0.15, -0.1) is 0 Å². The van der Waals surface area contributed by atoms with Gasteiger partial charge in [-0.05, 0) is 30.3 Å². The SMILES string of the molecule is CC(C)C(=O)Nc1nc2c(ncn2[C@@H]2O[C@H](CO)[C@@H](O[Si](C)(C)C(C)(C)C)[C@H]2OP(=O)(OCCC#N)OC[C@@H]2C[C@@H](OC(=O)O)[C@H](n3cnc4c(NC(=O)c5ccccc5)ncnc43)O2)c(=O)[nH]1. The number of fused-ring (bicyclic) bond motifs is 2. The van der Waals surface area contributed by atoms with Crippen LogP contribution in [0.4, 0.5) is 16.6 Å². The van der Waals surface area contributed by atoms with Crippen molar-refractivity contribution in [2.24, 2.45) is 5.92 Å². The molecule has 4 aromatic heterocycles. The van der Waals surface area contributed by atoms with E-state index in [9.17, 15) is 34.7 Å². The highest BCUT2D eigenvalue weighted by Gasteiger charge is 2.55. The van der Waals surface area contributed by atoms with E-state index >= 15 is 4.57 Å². The largest absolute Gasteiger partial charge is 0.506 e. The van der Waals surface area contributed by atoms with Crippen LogP contribution in [0.2, 0.25) is 18.1 Å². The zero-order chi connectivity index (χ0) is 49.1. The van der Waals surface area contributed by atoms with Crippen LogP contribution in [0.1, 0.15) is 70.3 Å². The van der Waals surface area contributed by atoms with E-state index in [2.05, 4.69) is 40.5 Å². The Morgan fingerprint density at radius 3 is 2.37 bits per heavy atom. The molecule has 27 heteroatoms. The summed E-state index contributed by atoms with van der Waals surface area (Å²) >= 11 is 0. The highest BCUT2D eigenvalue weighted by atomic mass is 31.2. The van der Waals surface area contributed by atoms with Gasteiger partial charge in [0.15, 0.2) is 55.0 Å². The topological polar surface area (TPSA) is 328 Å². The van der Waals surface area contributed by atoms with E-state index in [1.165, 1.54) is 28.1 Å². The van der Waals surface area contributed by atoms with Gasteiger partial charge in [-0.25, -0.2) is 29.3 Å². The molecule has 1 unspecified atom stereocenters. The number of rotatable bonds is 18. The number of amides is 2. The highest BCUT2D eigenvalue weighted by Crippen LogP contribution is 2.55. The number of carbonyl (C=O) groups is 3. The van der Waals surface area contributed by atoms with Gasteiger partial charge >= 0.3 is 14.0 Å². The second kappa shape index (κ2) is 20.3. The van der Waals surface area contributed by atoms with Crippen LogP contribution in [-0.4, -0.2) is 126 Å². The molecular weight excluding hydrogens is 930 g/mol. The van der Waals surface area contributed by atoms with E-state index < -0.39 is 113 Å². The lowest BCUT2D eigenvalue weighted by atomic mass is 10.1. The lowest BCUT2D eigenvalue weighted by Crippen LogP contribution is -2.50. The standard InChI is InChI=1S/C41H52N11O14PSi/c1-22(2)34(54)49-39-48-33-28(36(56)50-39)46-21-52(33)38-30(29(26(17-53)63-38)66-68(6,7)41(3,4)5)65-67(59,60-15-11-14-42)61-18-24-16-25(64-40(57)58)37(62-24)51-20-45-27-31(43-19-44-32(27)51)47-35(55)23-12-9-8-10-13-23/h8-10,12-13,19-22,24-26,29-30,37-38,53H,11,15-18H2,1-7H3,(H,57,58)(H,43,44,47,55)(H2,48,49,50,54,56)/t24-,25+,26+,29+,30+,37+,38+,67?/m0/s1. The molecule has 0 spiro atoms. The number of carboxylic acid groups (broad SMARTS) is 1. The molecule has 2 aliphatic heterocycles. The van der Waals surface area contributed by atoms with Crippen LogP contribution in [-0.2, 0) is 41.6 Å². The Morgan fingerprint density at radius 1 is 1.00 bits per heavy atom. The number of phosphoric acid groups is 1. The maximum atomic E-state index is 15.0. The fraction of sp³-hybridized carbons (Fsp3) is 0.512. The monoisotopic (exact) mass is 981 g/mol. The quantitative estimate of drug-likeness (QED) is 0.0338. The Kier molecular flexibility index (Phi) is 14.9. The molecule has 25 nitrogen and oxygen atoms in total. The van der Waals surface area contributed by atoms with Crippen LogP contribution in [0, 0.1) is 17.2 Å². The molecule has 0 radical (unpaired) electrons. The predicted octanol–water partition coefficient (Wildman–Crippen LogP) is 4.88. The van der Waals surface area contributed by atoms with Crippen molar-refractivity contribution in [3.05, 3.63) is 65.2 Å². The van der Waals surface area contributed by atoms with E-state index in [-0.39, 0.29) is 46.9 Å². The number of phosphoric ester groups is 1. The van der Waals surface area contributed by atoms with Crippen LogP contribution in [0.5, 0.6) is 0 Å². The summed E-state index contributed by atoms with van der Waals surface area (Å²) in [5.41, 5.74) is -0.248. The van der Waals surface area contributed by atoms with E-state index in [0.717, 1.165) is 0 Å². The predicted molar refractivity (Wildman–Crippen MR) is 240 cm³/mol. The maximum absolute atomic E-state index is 15.0. The number of nitrogens with zero attached hydrogens (tertiary/aromatic N) is 8. The van der Waals surface area contributed by atoms with E-state index in [4.69, 9.17) is 32.2 Å². The molecule has 68 heavy (non-hydrogen) atoms. The maximum Gasteiger partial charge on any atom is 0.506 e. The third kappa shape index (κ3) is 10.8. The second-order valence-electron chi connectivity index (χ2n) is 17.7. The van der Waals surface area contributed by atoms with E-state index in [1.54, 1.807) is 44.2 Å². The number of hydrogen-bond donors (Lipinski definition) is 5. The fourth-order valence-corrected chi connectivity index (χ4v) is 9.81. The molecule has 5 N–H and O–H groups in total. The Balaban J connectivity index is 1.20. The van der Waals surface area contributed by atoms with Crippen molar-refractivity contribution in [1.82, 2.24) is 39.0 Å². The van der Waals surface area contributed by atoms with Crippen LogP contribution >= 0.6 is 7.82 Å². The first kappa shape index (κ1) is 49.9. The number of nitriles is 1. The Bertz CT molecular complexity index is 2790. The Labute approximate surface area is 389 Å². The van der Waals surface area contributed by atoms with Gasteiger partial charge < -0.3 is 34.2 Å². The average Bonchev–Trinajstić information content (AvgIpc) is 4.07. The number of benzene rings is 1. The van der Waals surface area contributed by atoms with Crippen LogP contribution in [0.15, 0.2) is 54.1 Å². The van der Waals surface area contributed by atoms with Crippen molar-refractivity contribution < 1.29 is 61.4 Å². The van der Waals surface area contributed by atoms with Crippen LogP contribution < -0.4 is 16.2 Å². The molecule has 0 aliphatic carbocycles. The zero-order valence-corrected chi connectivity index (χ0v) is 40.0. The summed E-state index contributed by atoms with van der Waals surface area (Å²) in [6.07, 6.45) is -6.88. The summed E-state index contributed by atoms with van der Waals surface area (Å²) in [7, 11) is -7.65. The molecule has 8 atom stereocenters. The summed E-state index contributed by atoms with van der Waals surface area (Å²) in [5, 5.41) is 34.8. The Hall–Kier alpha value is -6.01. The summed E-state index contributed by atoms with van der Waals surface area (Å²) in [6.45, 7) is 11.6. The number of ether oxygens (including phenoxy) is 3. The van der Waals surface area contributed by atoms with Gasteiger partial charge in [0.25, 0.3) is 11.5 Å². The van der Waals surface area contributed by atoms with Gasteiger partial charge in [0.1, 0.15) is 24.6 Å². The van der Waals surface area contributed by atoms with Crippen LogP contribution in [0.3, 0.4) is 0 Å². The minimum atomic E-state index is -4.87. The number of carbonyl (C=O) groups excluding carboxylic acids is 2. The molecule has 2 amide bonds. The molecule has 2 aliphatic rings. The molecule has 0 bridgehead atoms. The summed E-state index contributed by atoms with van der Waals surface area (Å²) in [5.74, 6) is -1.47. The van der Waals surface area contributed by atoms with Gasteiger partial charge in [0.05, 0.1) is 51.1 Å². The van der Waals surface area contributed by atoms with Crippen molar-refractivity contribution in [1.29, 1.82) is 5.26 Å². The number of anilines is 2. The molecule has 364 valence electrons. The van der Waals surface area contributed by atoms with Gasteiger partial charge in [-0.3, -0.25) is 47.4 Å². The third-order valence-electron chi connectivity index (χ3n) is 11.6. The molecule has 0 saturated carbocycles. The molecular formula is C41H52N11O14PSi. The number of hydrogen-bond acceptors (Lipinski definition) is 19. The van der Waals surface area contributed by atoms with E-state index in [0.29, 0.717) is 5.56 Å². The zero-order valence-electron chi connectivity index (χ0n) is 38.1. The molecule has 2 saturated heterocycles. The normalized spacial score (nSPS) is 22.9. The second-order valence-corrected chi connectivity index (χ2v) is 24.1. The number of aromatic amines is 1. The van der Waals surface area contributed by atoms with Crippen molar-refractivity contribution in [2.45, 2.75) is 109 Å². The van der Waals surface area contributed by atoms with Gasteiger partial charge in [0, 0.05) is 17.9 Å². The number of H-pyrrole nitrogens is 1. The molecule has 6 heterocycles. The minimum Gasteiger partial charge on any atom is -0.450 e. The highest BCUT2D eigenvalue weighted by molar-refractivity contribution is 7.48. The lowest BCUT2D eigenvalue weighted by molar-refractivity contribution is -0.118. The molecule has 2 fully saturated rings. The van der Waals surface area contributed by atoms with Crippen molar-refractivity contribution in [2.75, 3.05) is 30.5 Å². The summed E-state index contributed by atoms with van der Waals surface area (Å²) < 4.78 is 60.5. The first-order chi connectivity index (χ1) is 32.2. The summed E-state index contributed by atoms with van der Waals surface area (Å²) in [6, 6.07) is 10.3. The number of nitrogens with one attached hydrogen (secondary N) is 3. The van der Waals surface area contributed by atoms with Gasteiger partial charge in [0.2, 0.25) is 11.9 Å². The number of imidazole rings is 2. The van der Waals surface area contributed by atoms with Gasteiger partial charge in [-0.1, -0.05) is 52.8 Å². The fourth-order valence-electron chi connectivity index (χ4n) is 7.11. The molecule has 1 aromatic carbocycles. The minimum absolute atomic E-state index is 0.0712. The van der Waals surface area contributed by atoms with Crippen LogP contribution in [0.25, 0.3) is 22.3 Å². The Morgan fingerprint density at radius 2 is 1.71 bits per heavy atom. The average molecular weight is 982 g/mol. The smallest absolute Gasteiger partial charge is 0.450 e. The van der Waals surface area contributed by atoms with E-state index in [1.807, 2.05) is 39.9 Å². The van der Waals surface area contributed by atoms with Crippen molar-refractivity contribution in [3.63, 3.8) is 0 Å². The molecule has 7 rings (SSSR count).